The van der Waals surface area contributed by atoms with Gasteiger partial charge >= 0.3 is 6.18 Å². The van der Waals surface area contributed by atoms with Gasteiger partial charge in [-0.05, 0) is 29.8 Å². The normalized spacial score (nSPS) is 11.4. The number of aromatic nitrogens is 2. The van der Waals surface area contributed by atoms with Gasteiger partial charge in [-0.15, -0.1) is 0 Å². The number of alkyl halides is 3. The van der Waals surface area contributed by atoms with E-state index >= 15 is 0 Å². The van der Waals surface area contributed by atoms with Gasteiger partial charge in [-0.25, -0.2) is 0 Å². The second kappa shape index (κ2) is 7.21. The third-order valence-electron chi connectivity index (χ3n) is 3.72. The number of amides is 1. The Morgan fingerprint density at radius 2 is 1.88 bits per heavy atom. The number of nitrogens with one attached hydrogen (secondary N) is 2. The number of aromatic amines is 1. The van der Waals surface area contributed by atoms with Gasteiger partial charge in [0.15, 0.2) is 0 Å². The highest BCUT2D eigenvalue weighted by atomic mass is 35.5. The second-order valence-electron chi connectivity index (χ2n) is 5.55. The van der Waals surface area contributed by atoms with Crippen molar-refractivity contribution in [3.05, 3.63) is 76.4 Å². The number of carbonyl (C=O) groups excluding carboxylic acids is 1. The molecule has 0 bridgehead atoms. The summed E-state index contributed by atoms with van der Waals surface area (Å²) in [4.78, 5) is 12.4. The van der Waals surface area contributed by atoms with Crippen LogP contribution < -0.4 is 5.32 Å². The van der Waals surface area contributed by atoms with Crippen LogP contribution in [-0.2, 0) is 12.7 Å². The van der Waals surface area contributed by atoms with Gasteiger partial charge in [0.05, 0.1) is 23.0 Å². The van der Waals surface area contributed by atoms with Gasteiger partial charge in [-0.3, -0.25) is 9.89 Å². The van der Waals surface area contributed by atoms with Crippen LogP contribution in [0.1, 0.15) is 21.5 Å². The summed E-state index contributed by atoms with van der Waals surface area (Å²) in [5.74, 6) is -0.443. The predicted molar refractivity (Wildman–Crippen MR) is 91.6 cm³/mol. The molecule has 2 N–H and O–H groups in total. The fourth-order valence-corrected chi connectivity index (χ4v) is 2.56. The molecule has 0 unspecified atom stereocenters. The van der Waals surface area contributed by atoms with E-state index in [0.717, 1.165) is 17.7 Å². The lowest BCUT2D eigenvalue weighted by Crippen LogP contribution is -2.23. The molecule has 3 aromatic rings. The molecule has 0 aliphatic carbocycles. The first-order valence-corrected chi connectivity index (χ1v) is 7.96. The largest absolute Gasteiger partial charge is 0.416 e. The van der Waals surface area contributed by atoms with E-state index in [1.807, 2.05) is 0 Å². The molecule has 4 nitrogen and oxygen atoms in total. The number of H-pyrrole nitrogens is 1. The van der Waals surface area contributed by atoms with E-state index in [9.17, 15) is 18.0 Å². The van der Waals surface area contributed by atoms with E-state index in [1.54, 1.807) is 24.3 Å². The molecule has 0 saturated heterocycles. The molecule has 1 heterocycles. The molecule has 0 saturated carbocycles. The van der Waals surface area contributed by atoms with E-state index in [0.29, 0.717) is 21.8 Å². The zero-order valence-electron chi connectivity index (χ0n) is 13.3. The standard InChI is InChI=1S/C18H13ClF3N3O/c19-14-6-4-12(5-7-14)16-15(10-24-25-16)17(26)23-9-11-2-1-3-13(8-11)18(20,21)22/h1-8,10H,9H2,(H,23,26)(H,24,25). The van der Waals surface area contributed by atoms with Crippen molar-refractivity contribution in [3.63, 3.8) is 0 Å². The molecule has 1 amide bonds. The SMILES string of the molecule is O=C(NCc1cccc(C(F)(F)F)c1)c1cn[nH]c1-c1ccc(Cl)cc1. The van der Waals surface area contributed by atoms with E-state index < -0.39 is 17.6 Å². The Balaban J connectivity index is 1.74. The summed E-state index contributed by atoms with van der Waals surface area (Å²) in [6.07, 6.45) is -3.06. The maximum atomic E-state index is 12.7. The van der Waals surface area contributed by atoms with Gasteiger partial charge < -0.3 is 5.32 Å². The first-order valence-electron chi connectivity index (χ1n) is 7.58. The lowest BCUT2D eigenvalue weighted by atomic mass is 10.1. The minimum atomic E-state index is -4.42. The number of hydrogen-bond donors (Lipinski definition) is 2. The van der Waals surface area contributed by atoms with Crippen molar-refractivity contribution in [1.82, 2.24) is 15.5 Å². The van der Waals surface area contributed by atoms with Crippen LogP contribution in [0.3, 0.4) is 0 Å². The van der Waals surface area contributed by atoms with Gasteiger partial charge in [0, 0.05) is 17.1 Å². The third kappa shape index (κ3) is 4.05. The summed E-state index contributed by atoms with van der Waals surface area (Å²) in [7, 11) is 0. The van der Waals surface area contributed by atoms with Crippen LogP contribution in [0.15, 0.2) is 54.7 Å². The maximum absolute atomic E-state index is 12.7. The first kappa shape index (κ1) is 18.0. The fraction of sp³-hybridized carbons (Fsp3) is 0.111. The highest BCUT2D eigenvalue weighted by Gasteiger charge is 2.30. The first-order chi connectivity index (χ1) is 12.3. The highest BCUT2D eigenvalue weighted by molar-refractivity contribution is 6.30. The number of hydrogen-bond acceptors (Lipinski definition) is 2. The average Bonchev–Trinajstić information content (AvgIpc) is 3.09. The quantitative estimate of drug-likeness (QED) is 0.691. The number of halogens is 4. The molecule has 8 heteroatoms. The molecule has 1 aromatic heterocycles. The summed E-state index contributed by atoms with van der Waals surface area (Å²) in [6.45, 7) is -0.0337. The van der Waals surface area contributed by atoms with E-state index in [-0.39, 0.29) is 6.54 Å². The van der Waals surface area contributed by atoms with Crippen molar-refractivity contribution in [2.75, 3.05) is 0 Å². The lowest BCUT2D eigenvalue weighted by Gasteiger charge is -2.10. The Morgan fingerprint density at radius 3 is 2.58 bits per heavy atom. The molecule has 0 atom stereocenters. The molecule has 2 aromatic carbocycles. The number of carbonyl (C=O) groups is 1. The Bertz CT molecular complexity index is 920. The van der Waals surface area contributed by atoms with Gasteiger partial charge in [-0.1, -0.05) is 35.9 Å². The second-order valence-corrected chi connectivity index (χ2v) is 5.98. The zero-order valence-corrected chi connectivity index (χ0v) is 14.0. The van der Waals surface area contributed by atoms with Crippen molar-refractivity contribution in [3.8, 4) is 11.3 Å². The molecular formula is C18H13ClF3N3O. The molecule has 134 valence electrons. The highest BCUT2D eigenvalue weighted by Crippen LogP contribution is 2.29. The minimum Gasteiger partial charge on any atom is -0.348 e. The van der Waals surface area contributed by atoms with Crippen LogP contribution in [0, 0.1) is 0 Å². The number of benzene rings is 2. The van der Waals surface area contributed by atoms with Gasteiger partial charge in [0.25, 0.3) is 5.91 Å². The van der Waals surface area contributed by atoms with Crippen molar-refractivity contribution in [1.29, 1.82) is 0 Å². The summed E-state index contributed by atoms with van der Waals surface area (Å²) < 4.78 is 38.2. The smallest absolute Gasteiger partial charge is 0.348 e. The van der Waals surface area contributed by atoms with E-state index in [1.165, 1.54) is 18.3 Å². The Labute approximate surface area is 152 Å². The van der Waals surface area contributed by atoms with Crippen LogP contribution in [0.4, 0.5) is 13.2 Å². The summed E-state index contributed by atoms with van der Waals surface area (Å²) in [6, 6.07) is 11.7. The summed E-state index contributed by atoms with van der Waals surface area (Å²) in [5, 5.41) is 9.79. The van der Waals surface area contributed by atoms with Crippen molar-refractivity contribution < 1.29 is 18.0 Å². The Morgan fingerprint density at radius 1 is 1.15 bits per heavy atom. The van der Waals surface area contributed by atoms with E-state index in [2.05, 4.69) is 15.5 Å². The van der Waals surface area contributed by atoms with Crippen LogP contribution in [-0.4, -0.2) is 16.1 Å². The predicted octanol–water partition coefficient (Wildman–Crippen LogP) is 4.68. The summed E-state index contributed by atoms with van der Waals surface area (Å²) >= 11 is 5.85. The minimum absolute atomic E-state index is 0.0337. The number of rotatable bonds is 4. The van der Waals surface area contributed by atoms with Crippen LogP contribution >= 0.6 is 11.6 Å². The maximum Gasteiger partial charge on any atom is 0.416 e. The third-order valence-corrected chi connectivity index (χ3v) is 3.98. The Hall–Kier alpha value is -2.80. The molecular weight excluding hydrogens is 367 g/mol. The van der Waals surface area contributed by atoms with E-state index in [4.69, 9.17) is 11.6 Å². The van der Waals surface area contributed by atoms with Gasteiger partial charge in [0.1, 0.15) is 0 Å². The molecule has 0 radical (unpaired) electrons. The van der Waals surface area contributed by atoms with Gasteiger partial charge in [-0.2, -0.15) is 18.3 Å². The lowest BCUT2D eigenvalue weighted by molar-refractivity contribution is -0.137. The van der Waals surface area contributed by atoms with Crippen molar-refractivity contribution >= 4 is 17.5 Å². The van der Waals surface area contributed by atoms with Crippen molar-refractivity contribution in [2.24, 2.45) is 0 Å². The average molecular weight is 380 g/mol. The molecule has 26 heavy (non-hydrogen) atoms. The van der Waals surface area contributed by atoms with Crippen molar-refractivity contribution in [2.45, 2.75) is 12.7 Å². The fourth-order valence-electron chi connectivity index (χ4n) is 2.43. The van der Waals surface area contributed by atoms with Gasteiger partial charge in [0.2, 0.25) is 0 Å². The van der Waals surface area contributed by atoms with Crippen LogP contribution in [0.2, 0.25) is 5.02 Å². The summed E-state index contributed by atoms with van der Waals surface area (Å²) in [5.41, 5.74) is 1.11. The number of nitrogens with zero attached hydrogens (tertiary/aromatic N) is 1. The Kier molecular flexibility index (Phi) is 4.99. The molecule has 0 aliphatic heterocycles. The van der Waals surface area contributed by atoms with Crippen LogP contribution in [0.25, 0.3) is 11.3 Å². The molecule has 0 aliphatic rings. The molecule has 0 fully saturated rings. The molecule has 3 rings (SSSR count). The monoisotopic (exact) mass is 379 g/mol. The topological polar surface area (TPSA) is 57.8 Å². The zero-order chi connectivity index (χ0) is 18.7. The van der Waals surface area contributed by atoms with Crippen LogP contribution in [0.5, 0.6) is 0 Å². The molecule has 0 spiro atoms.